The van der Waals surface area contributed by atoms with Crippen molar-refractivity contribution in [3.8, 4) is 5.75 Å². The van der Waals surface area contributed by atoms with Crippen molar-refractivity contribution in [1.29, 1.82) is 0 Å². The van der Waals surface area contributed by atoms with E-state index in [1.54, 1.807) is 0 Å². The van der Waals surface area contributed by atoms with Crippen LogP contribution < -0.4 is 10.1 Å². The van der Waals surface area contributed by atoms with Crippen LogP contribution in [0.15, 0.2) is 36.4 Å². The third kappa shape index (κ3) is 1.63. The van der Waals surface area contributed by atoms with Crippen LogP contribution in [0.1, 0.15) is 6.92 Å². The minimum Gasteiger partial charge on any atom is -0.484 e. The molecular weight excluding hydrogens is 214 g/mol. The maximum atomic E-state index is 9.24. The third-order valence-corrected chi connectivity index (χ3v) is 3.28. The maximum absolute atomic E-state index is 9.24. The minimum atomic E-state index is -0.177. The van der Waals surface area contributed by atoms with Gasteiger partial charge in [-0.05, 0) is 18.4 Å². The van der Waals surface area contributed by atoms with Crippen LogP contribution in [-0.4, -0.2) is 23.9 Å². The molecule has 1 aliphatic heterocycles. The van der Waals surface area contributed by atoms with Gasteiger partial charge in [0.05, 0.1) is 18.3 Å². The van der Waals surface area contributed by atoms with E-state index in [1.165, 1.54) is 5.39 Å². The number of nitrogens with one attached hydrogen (secondary N) is 1. The van der Waals surface area contributed by atoms with Gasteiger partial charge >= 0.3 is 0 Å². The van der Waals surface area contributed by atoms with Gasteiger partial charge in [-0.15, -0.1) is 0 Å². The zero-order chi connectivity index (χ0) is 11.8. The normalized spacial score (nSPS) is 22.7. The van der Waals surface area contributed by atoms with Crippen LogP contribution in [0.3, 0.4) is 0 Å². The van der Waals surface area contributed by atoms with Crippen molar-refractivity contribution in [1.82, 2.24) is 0 Å². The van der Waals surface area contributed by atoms with Crippen molar-refractivity contribution in [2.45, 2.75) is 19.1 Å². The Labute approximate surface area is 100 Å². The molecule has 2 aromatic rings. The molecule has 0 bridgehead atoms. The molecule has 3 heteroatoms. The van der Waals surface area contributed by atoms with Crippen molar-refractivity contribution in [3.63, 3.8) is 0 Å². The first kappa shape index (κ1) is 10.4. The second-order valence-corrected chi connectivity index (χ2v) is 4.43. The van der Waals surface area contributed by atoms with Crippen molar-refractivity contribution in [3.05, 3.63) is 36.4 Å². The summed E-state index contributed by atoms with van der Waals surface area (Å²) in [7, 11) is 0. The third-order valence-electron chi connectivity index (χ3n) is 3.28. The van der Waals surface area contributed by atoms with Crippen molar-refractivity contribution >= 4 is 16.5 Å². The summed E-state index contributed by atoms with van der Waals surface area (Å²) in [5.41, 5.74) is 1.03. The fourth-order valence-corrected chi connectivity index (χ4v) is 2.28. The highest BCUT2D eigenvalue weighted by molar-refractivity contribution is 5.97. The van der Waals surface area contributed by atoms with Gasteiger partial charge in [0.2, 0.25) is 0 Å². The van der Waals surface area contributed by atoms with E-state index in [1.807, 2.05) is 31.2 Å². The Bertz CT molecular complexity index is 553. The summed E-state index contributed by atoms with van der Waals surface area (Å²) >= 11 is 0. The largest absolute Gasteiger partial charge is 0.484 e. The molecule has 2 N–H and O–H groups in total. The average Bonchev–Trinajstić information content (AvgIpc) is 2.38. The van der Waals surface area contributed by atoms with Gasteiger partial charge in [-0.3, -0.25) is 0 Å². The molecule has 0 aromatic heterocycles. The zero-order valence-corrected chi connectivity index (χ0v) is 9.68. The first-order chi connectivity index (χ1) is 8.29. The molecule has 3 rings (SSSR count). The molecule has 2 aromatic carbocycles. The Morgan fingerprint density at radius 2 is 2.06 bits per heavy atom. The smallest absolute Gasteiger partial charge is 0.143 e. The van der Waals surface area contributed by atoms with E-state index in [0.29, 0.717) is 0 Å². The average molecular weight is 229 g/mol. The number of anilines is 1. The number of ether oxygens (including phenoxy) is 1. The van der Waals surface area contributed by atoms with Gasteiger partial charge < -0.3 is 15.2 Å². The standard InChI is InChI=1S/C14H15NO2/c1-9-13(8-16)17-12-7-6-10-4-2-3-5-11(10)14(12)15-9/h2-7,9,13,15-16H,8H2,1H3. The van der Waals surface area contributed by atoms with E-state index in [9.17, 15) is 5.11 Å². The molecule has 0 aliphatic carbocycles. The van der Waals surface area contributed by atoms with Crippen molar-refractivity contribution in [2.75, 3.05) is 11.9 Å². The lowest BCUT2D eigenvalue weighted by Crippen LogP contribution is -2.41. The van der Waals surface area contributed by atoms with Crippen molar-refractivity contribution in [2.24, 2.45) is 0 Å². The van der Waals surface area contributed by atoms with Gasteiger partial charge in [0.1, 0.15) is 11.9 Å². The van der Waals surface area contributed by atoms with E-state index >= 15 is 0 Å². The van der Waals surface area contributed by atoms with E-state index < -0.39 is 0 Å². The van der Waals surface area contributed by atoms with Gasteiger partial charge in [0.25, 0.3) is 0 Å². The molecule has 0 saturated carbocycles. The predicted octanol–water partition coefficient (Wildman–Crippen LogP) is 2.39. The number of aliphatic hydroxyl groups is 1. The highest BCUT2D eigenvalue weighted by atomic mass is 16.5. The molecule has 0 saturated heterocycles. The summed E-state index contributed by atoms with van der Waals surface area (Å²) < 4.78 is 5.79. The lowest BCUT2D eigenvalue weighted by atomic mass is 10.0. The first-order valence-corrected chi connectivity index (χ1v) is 5.85. The molecule has 2 unspecified atom stereocenters. The number of benzene rings is 2. The zero-order valence-electron chi connectivity index (χ0n) is 9.68. The molecule has 0 amide bonds. The minimum absolute atomic E-state index is 0.0282. The molecule has 0 radical (unpaired) electrons. The van der Waals surface area contributed by atoms with Crippen LogP contribution in [0.25, 0.3) is 10.8 Å². The molecule has 17 heavy (non-hydrogen) atoms. The molecular formula is C14H15NO2. The lowest BCUT2D eigenvalue weighted by Gasteiger charge is -2.32. The predicted molar refractivity (Wildman–Crippen MR) is 68.5 cm³/mol. The van der Waals surface area contributed by atoms with Crippen LogP contribution in [0, 0.1) is 0 Å². The molecule has 1 aliphatic rings. The topological polar surface area (TPSA) is 41.5 Å². The summed E-state index contributed by atoms with van der Waals surface area (Å²) in [5, 5.41) is 15.0. The Hall–Kier alpha value is -1.74. The molecule has 2 atom stereocenters. The molecule has 88 valence electrons. The summed E-state index contributed by atoms with van der Waals surface area (Å²) in [6.07, 6.45) is -0.177. The first-order valence-electron chi connectivity index (χ1n) is 5.85. The van der Waals surface area contributed by atoms with Gasteiger partial charge in [-0.1, -0.05) is 30.3 Å². The summed E-state index contributed by atoms with van der Waals surface area (Å²) in [6.45, 7) is 2.05. The fraction of sp³-hybridized carbons (Fsp3) is 0.286. The number of fused-ring (bicyclic) bond motifs is 3. The van der Waals surface area contributed by atoms with Gasteiger partial charge in [0.15, 0.2) is 0 Å². The number of aliphatic hydroxyl groups excluding tert-OH is 1. The Morgan fingerprint density at radius 1 is 1.24 bits per heavy atom. The molecule has 0 spiro atoms. The van der Waals surface area contributed by atoms with Crippen LogP contribution >= 0.6 is 0 Å². The van der Waals surface area contributed by atoms with E-state index in [-0.39, 0.29) is 18.8 Å². The molecule has 1 heterocycles. The molecule has 0 fully saturated rings. The fourth-order valence-electron chi connectivity index (χ4n) is 2.28. The highest BCUT2D eigenvalue weighted by Crippen LogP contribution is 2.37. The van der Waals surface area contributed by atoms with Crippen LogP contribution in [0.2, 0.25) is 0 Å². The Kier molecular flexibility index (Phi) is 2.41. The van der Waals surface area contributed by atoms with E-state index in [4.69, 9.17) is 4.74 Å². The second-order valence-electron chi connectivity index (χ2n) is 4.43. The summed E-state index contributed by atoms with van der Waals surface area (Å²) in [6, 6.07) is 12.3. The van der Waals surface area contributed by atoms with Gasteiger partial charge in [0, 0.05) is 5.39 Å². The van der Waals surface area contributed by atoms with Gasteiger partial charge in [-0.2, -0.15) is 0 Å². The van der Waals surface area contributed by atoms with Crippen LogP contribution in [0.4, 0.5) is 5.69 Å². The van der Waals surface area contributed by atoms with E-state index in [0.717, 1.165) is 16.8 Å². The Morgan fingerprint density at radius 3 is 2.88 bits per heavy atom. The van der Waals surface area contributed by atoms with E-state index in [2.05, 4.69) is 17.4 Å². The summed E-state index contributed by atoms with van der Waals surface area (Å²) in [4.78, 5) is 0. The number of rotatable bonds is 1. The second kappa shape index (κ2) is 3.93. The monoisotopic (exact) mass is 229 g/mol. The van der Waals surface area contributed by atoms with Crippen LogP contribution in [-0.2, 0) is 0 Å². The molecule has 3 nitrogen and oxygen atoms in total. The SMILES string of the molecule is CC1Nc2c(ccc3ccccc23)OC1CO. The maximum Gasteiger partial charge on any atom is 0.143 e. The number of hydrogen-bond acceptors (Lipinski definition) is 3. The Balaban J connectivity index is 2.15. The number of hydrogen-bond donors (Lipinski definition) is 2. The summed E-state index contributed by atoms with van der Waals surface area (Å²) in [5.74, 6) is 0.820. The lowest BCUT2D eigenvalue weighted by molar-refractivity contribution is 0.0980. The van der Waals surface area contributed by atoms with Gasteiger partial charge in [-0.25, -0.2) is 0 Å². The highest BCUT2D eigenvalue weighted by Gasteiger charge is 2.26. The van der Waals surface area contributed by atoms with Crippen LogP contribution in [0.5, 0.6) is 5.75 Å². The quantitative estimate of drug-likeness (QED) is 0.789. The van der Waals surface area contributed by atoms with Crippen molar-refractivity contribution < 1.29 is 9.84 Å².